The number of nitrogens with zero attached hydrogens (tertiary/aromatic N) is 5. The zero-order chi connectivity index (χ0) is 18.7. The number of nitriles is 1. The maximum absolute atomic E-state index is 12.0. The van der Waals surface area contributed by atoms with Gasteiger partial charge in [0, 0.05) is 13.2 Å². The van der Waals surface area contributed by atoms with Crippen LogP contribution in [0.1, 0.15) is 15.9 Å². The van der Waals surface area contributed by atoms with E-state index in [4.69, 9.17) is 10.1 Å². The van der Waals surface area contributed by atoms with Crippen LogP contribution >= 0.6 is 0 Å². The molecule has 0 aliphatic rings. The van der Waals surface area contributed by atoms with Crippen LogP contribution in [-0.2, 0) is 4.84 Å². The lowest BCUT2D eigenvalue weighted by molar-refractivity contribution is -0.0757. The van der Waals surface area contributed by atoms with E-state index in [-0.39, 0.29) is 11.8 Å². The molecule has 0 fully saturated rings. The maximum atomic E-state index is 12.0. The van der Waals surface area contributed by atoms with Crippen molar-refractivity contribution in [2.24, 2.45) is 0 Å². The predicted molar refractivity (Wildman–Crippen MR) is 92.3 cm³/mol. The molecule has 0 atom stereocenters. The van der Waals surface area contributed by atoms with Gasteiger partial charge in [0.1, 0.15) is 0 Å². The van der Waals surface area contributed by atoms with Gasteiger partial charge in [-0.2, -0.15) is 15.0 Å². The number of pyridine rings is 1. The van der Waals surface area contributed by atoms with Crippen LogP contribution in [0.25, 0.3) is 16.9 Å². The predicted octanol–water partition coefficient (Wildman–Crippen LogP) is 2.14. The summed E-state index contributed by atoms with van der Waals surface area (Å²) in [5.74, 6) is -0.0659. The van der Waals surface area contributed by atoms with Crippen molar-refractivity contribution < 1.29 is 14.7 Å². The summed E-state index contributed by atoms with van der Waals surface area (Å²) in [7, 11) is 2.89. The second-order valence-electron chi connectivity index (χ2n) is 5.37. The van der Waals surface area contributed by atoms with E-state index in [1.165, 1.54) is 31.2 Å². The molecule has 0 aliphatic carbocycles. The molecule has 8 heteroatoms. The van der Waals surface area contributed by atoms with Crippen molar-refractivity contribution in [1.82, 2.24) is 19.8 Å². The van der Waals surface area contributed by atoms with E-state index < -0.39 is 0 Å². The molecular weight excluding hydrogens is 334 g/mol. The molecule has 1 aromatic carbocycles. The van der Waals surface area contributed by atoms with Gasteiger partial charge in [0.15, 0.2) is 5.82 Å². The van der Waals surface area contributed by atoms with Crippen molar-refractivity contribution in [2.75, 3.05) is 14.2 Å². The van der Waals surface area contributed by atoms with Crippen molar-refractivity contribution in [3.05, 3.63) is 59.9 Å². The fourth-order valence-electron chi connectivity index (χ4n) is 2.34. The highest BCUT2D eigenvalue weighted by Crippen LogP contribution is 2.30. The number of hydroxylamine groups is 2. The van der Waals surface area contributed by atoms with Crippen LogP contribution in [0.2, 0.25) is 0 Å². The quantitative estimate of drug-likeness (QED) is 0.724. The zero-order valence-electron chi connectivity index (χ0n) is 14.1. The van der Waals surface area contributed by atoms with Crippen LogP contribution < -0.4 is 0 Å². The van der Waals surface area contributed by atoms with E-state index in [0.29, 0.717) is 22.5 Å². The van der Waals surface area contributed by atoms with Gasteiger partial charge in [-0.3, -0.25) is 9.63 Å². The Hall–Kier alpha value is -3.70. The number of hydrogen-bond donors (Lipinski definition) is 1. The van der Waals surface area contributed by atoms with Crippen LogP contribution in [0, 0.1) is 11.3 Å². The van der Waals surface area contributed by atoms with Crippen molar-refractivity contribution in [3.63, 3.8) is 0 Å². The molecule has 3 aromatic rings. The molecule has 0 aliphatic heterocycles. The molecule has 0 spiro atoms. The highest BCUT2D eigenvalue weighted by Gasteiger charge is 2.16. The summed E-state index contributed by atoms with van der Waals surface area (Å²) < 4.78 is 1.27. The molecule has 2 heterocycles. The number of benzene rings is 1. The summed E-state index contributed by atoms with van der Waals surface area (Å²) in [5, 5.41) is 24.6. The van der Waals surface area contributed by atoms with Crippen LogP contribution in [0.4, 0.5) is 0 Å². The lowest BCUT2D eigenvalue weighted by Gasteiger charge is -2.13. The van der Waals surface area contributed by atoms with E-state index in [0.717, 1.165) is 10.6 Å². The third kappa shape index (κ3) is 3.11. The Balaban J connectivity index is 1.90. The molecule has 0 radical (unpaired) electrons. The first-order valence-electron chi connectivity index (χ1n) is 7.61. The lowest BCUT2D eigenvalue weighted by atomic mass is 10.1. The van der Waals surface area contributed by atoms with Crippen LogP contribution in [-0.4, -0.2) is 45.0 Å². The zero-order valence-corrected chi connectivity index (χ0v) is 14.1. The van der Waals surface area contributed by atoms with E-state index in [9.17, 15) is 9.90 Å². The Labute approximate surface area is 149 Å². The average molecular weight is 349 g/mol. The number of aromatic hydroxyl groups is 1. The first kappa shape index (κ1) is 17.1. The van der Waals surface area contributed by atoms with Crippen LogP contribution in [0.15, 0.2) is 48.8 Å². The summed E-state index contributed by atoms with van der Waals surface area (Å²) in [5.41, 5.74) is 2.11. The minimum Gasteiger partial charge on any atom is -0.493 e. The summed E-state index contributed by atoms with van der Waals surface area (Å²) in [6.45, 7) is 0. The Morgan fingerprint density at radius 3 is 2.54 bits per heavy atom. The molecule has 1 amide bonds. The smallest absolute Gasteiger partial charge is 0.278 e. The second kappa shape index (κ2) is 7.04. The molecule has 1 N–H and O–H groups in total. The standard InChI is InChI=1S/C18H15N5O3/c1-22(26-2)17(24)14-7-8-16(20-10-14)23-18(25)15(11-21-23)13-5-3-12(9-19)4-6-13/h3-8,10-11,25H,1-2H3. The Morgan fingerprint density at radius 1 is 1.23 bits per heavy atom. The molecule has 3 rings (SSSR count). The van der Waals surface area contributed by atoms with Gasteiger partial charge < -0.3 is 5.11 Å². The largest absolute Gasteiger partial charge is 0.493 e. The highest BCUT2D eigenvalue weighted by atomic mass is 16.7. The van der Waals surface area contributed by atoms with Crippen molar-refractivity contribution in [2.45, 2.75) is 0 Å². The Kier molecular flexibility index (Phi) is 4.64. The fraction of sp³-hybridized carbons (Fsp3) is 0.111. The van der Waals surface area contributed by atoms with Gasteiger partial charge in [-0.05, 0) is 29.8 Å². The van der Waals surface area contributed by atoms with Gasteiger partial charge in [-0.1, -0.05) is 12.1 Å². The minimum absolute atomic E-state index is 0.0877. The molecule has 0 saturated heterocycles. The number of amides is 1. The molecule has 0 bridgehead atoms. The van der Waals surface area contributed by atoms with Crippen molar-refractivity contribution in [1.29, 1.82) is 5.26 Å². The summed E-state index contributed by atoms with van der Waals surface area (Å²) in [6, 6.07) is 12.0. The molecule has 2 aromatic heterocycles. The van der Waals surface area contributed by atoms with Gasteiger partial charge >= 0.3 is 0 Å². The topological polar surface area (TPSA) is 104 Å². The van der Waals surface area contributed by atoms with Gasteiger partial charge in [0.2, 0.25) is 5.88 Å². The van der Waals surface area contributed by atoms with E-state index in [2.05, 4.69) is 10.1 Å². The SMILES string of the molecule is CON(C)C(=O)c1ccc(-n2ncc(-c3ccc(C#N)cc3)c2O)nc1. The van der Waals surface area contributed by atoms with E-state index in [1.54, 1.807) is 36.4 Å². The summed E-state index contributed by atoms with van der Waals surface area (Å²) in [6.07, 6.45) is 2.89. The van der Waals surface area contributed by atoms with E-state index >= 15 is 0 Å². The second-order valence-corrected chi connectivity index (χ2v) is 5.37. The van der Waals surface area contributed by atoms with Crippen LogP contribution in [0.5, 0.6) is 5.88 Å². The summed E-state index contributed by atoms with van der Waals surface area (Å²) in [4.78, 5) is 21.0. The molecule has 0 saturated carbocycles. The average Bonchev–Trinajstić information content (AvgIpc) is 3.08. The Bertz CT molecular complexity index is 972. The van der Waals surface area contributed by atoms with Crippen LogP contribution in [0.3, 0.4) is 0 Å². The van der Waals surface area contributed by atoms with Gasteiger partial charge in [-0.15, -0.1) is 0 Å². The first-order chi connectivity index (χ1) is 12.5. The number of carbonyl (C=O) groups is 1. The monoisotopic (exact) mass is 349 g/mol. The molecular formula is C18H15N5O3. The van der Waals surface area contributed by atoms with Gasteiger partial charge in [0.05, 0.1) is 36.1 Å². The maximum Gasteiger partial charge on any atom is 0.278 e. The number of rotatable bonds is 4. The third-order valence-corrected chi connectivity index (χ3v) is 3.84. The first-order valence-corrected chi connectivity index (χ1v) is 7.61. The number of hydrogen-bond acceptors (Lipinski definition) is 6. The molecule has 0 unspecified atom stereocenters. The highest BCUT2D eigenvalue weighted by molar-refractivity contribution is 5.93. The van der Waals surface area contributed by atoms with Gasteiger partial charge in [-0.25, -0.2) is 10.0 Å². The minimum atomic E-state index is -0.338. The molecule has 8 nitrogen and oxygen atoms in total. The Morgan fingerprint density at radius 2 is 1.96 bits per heavy atom. The number of carbonyl (C=O) groups excluding carboxylic acids is 1. The fourth-order valence-corrected chi connectivity index (χ4v) is 2.34. The van der Waals surface area contributed by atoms with Gasteiger partial charge in [0.25, 0.3) is 5.91 Å². The molecule has 26 heavy (non-hydrogen) atoms. The normalized spacial score (nSPS) is 10.3. The third-order valence-electron chi connectivity index (χ3n) is 3.84. The van der Waals surface area contributed by atoms with E-state index in [1.807, 2.05) is 6.07 Å². The summed E-state index contributed by atoms with van der Waals surface area (Å²) >= 11 is 0. The lowest BCUT2D eigenvalue weighted by Crippen LogP contribution is -2.25. The number of aromatic nitrogens is 3. The molecule has 130 valence electrons. The van der Waals surface area contributed by atoms with Crippen molar-refractivity contribution >= 4 is 5.91 Å². The van der Waals surface area contributed by atoms with Crippen molar-refractivity contribution in [3.8, 4) is 28.9 Å².